The van der Waals surface area contributed by atoms with Crippen LogP contribution in [0.15, 0.2) is 48.5 Å². The van der Waals surface area contributed by atoms with Crippen LogP contribution in [0.25, 0.3) is 0 Å². The summed E-state index contributed by atoms with van der Waals surface area (Å²) in [5.41, 5.74) is 0.690. The Labute approximate surface area is 221 Å². The third-order valence-corrected chi connectivity index (χ3v) is 6.16. The highest BCUT2D eigenvalue weighted by Crippen LogP contribution is 2.41. The molecule has 2 heterocycles. The number of benzene rings is 2. The third kappa shape index (κ3) is 7.27. The van der Waals surface area contributed by atoms with Gasteiger partial charge in [-0.05, 0) is 43.0 Å². The number of nitrogens with one attached hydrogen (secondary N) is 4. The fourth-order valence-electron chi connectivity index (χ4n) is 4.20. The van der Waals surface area contributed by atoms with Crippen molar-refractivity contribution >= 4 is 29.4 Å². The zero-order chi connectivity index (χ0) is 28.0. The van der Waals surface area contributed by atoms with Gasteiger partial charge in [-0.25, -0.2) is 0 Å². The minimum atomic E-state index is -3.85. The van der Waals surface area contributed by atoms with Crippen LogP contribution >= 0.6 is 0 Å². The second-order valence-electron chi connectivity index (χ2n) is 9.03. The Morgan fingerprint density at radius 1 is 1.03 bits per heavy atom. The first kappa shape index (κ1) is 27.5. The van der Waals surface area contributed by atoms with Crippen molar-refractivity contribution in [3.63, 3.8) is 0 Å². The number of carbonyl (C=O) groups is 5. The highest BCUT2D eigenvalue weighted by atomic mass is 19.3. The van der Waals surface area contributed by atoms with E-state index < -0.39 is 48.3 Å². The predicted molar refractivity (Wildman–Crippen MR) is 131 cm³/mol. The molecule has 1 fully saturated rings. The number of rotatable bonds is 10. The summed E-state index contributed by atoms with van der Waals surface area (Å²) in [5, 5.41) is 9.97. The molecular formula is C26H26F2N4O7. The standard InChI is InChI=1S/C26H26F2N4O7/c27-26(28)38-19-9-8-17(12-20(19)39-26)24(36)31-14-21(33)32-18(11-16-7-4-10-29-23(16)35)22(34)25(37)30-13-15-5-2-1-3-6-15/h1-3,5-6,8-9,12,16,18H,4,7,10-11,13-14H2,(H,29,35)(H,30,37)(H,31,36)(H,32,33). The van der Waals surface area contributed by atoms with E-state index in [9.17, 15) is 32.8 Å². The Kier molecular flexibility index (Phi) is 8.37. The van der Waals surface area contributed by atoms with Crippen molar-refractivity contribution in [1.82, 2.24) is 21.3 Å². The molecule has 2 unspecified atom stereocenters. The van der Waals surface area contributed by atoms with Crippen LogP contribution in [0.1, 0.15) is 35.2 Å². The quantitative estimate of drug-likeness (QED) is 0.326. The van der Waals surface area contributed by atoms with Gasteiger partial charge in [0.2, 0.25) is 17.6 Å². The number of hydrogen-bond donors (Lipinski definition) is 4. The van der Waals surface area contributed by atoms with Gasteiger partial charge in [0.05, 0.1) is 12.6 Å². The smallest absolute Gasteiger partial charge is 0.395 e. The first-order valence-electron chi connectivity index (χ1n) is 12.2. The molecule has 4 amide bonds. The topological polar surface area (TPSA) is 152 Å². The second-order valence-corrected chi connectivity index (χ2v) is 9.03. The van der Waals surface area contributed by atoms with Crippen LogP contribution in [0.2, 0.25) is 0 Å². The molecule has 0 aromatic heterocycles. The summed E-state index contributed by atoms with van der Waals surface area (Å²) in [4.78, 5) is 62.9. The number of alkyl halides is 2. The Balaban J connectivity index is 1.36. The molecule has 2 aliphatic rings. The number of hydrogen-bond acceptors (Lipinski definition) is 7. The van der Waals surface area contributed by atoms with Crippen LogP contribution in [0.3, 0.4) is 0 Å². The molecule has 4 N–H and O–H groups in total. The molecule has 11 nitrogen and oxygen atoms in total. The summed E-state index contributed by atoms with van der Waals surface area (Å²) in [6.45, 7) is 0.00459. The van der Waals surface area contributed by atoms with Gasteiger partial charge in [-0.15, -0.1) is 8.78 Å². The van der Waals surface area contributed by atoms with Gasteiger partial charge in [0, 0.05) is 24.6 Å². The molecular weight excluding hydrogens is 518 g/mol. The van der Waals surface area contributed by atoms with E-state index in [1.165, 1.54) is 6.07 Å². The molecule has 206 valence electrons. The van der Waals surface area contributed by atoms with E-state index in [1.807, 2.05) is 0 Å². The van der Waals surface area contributed by atoms with Crippen LogP contribution in [0.5, 0.6) is 11.5 Å². The SMILES string of the molecule is O=C(CNC(=O)c1ccc2c(c1)OC(F)(F)O2)NC(CC1CCCNC1=O)C(=O)C(=O)NCc1ccccc1. The summed E-state index contributed by atoms with van der Waals surface area (Å²) < 4.78 is 35.0. The molecule has 13 heteroatoms. The summed E-state index contributed by atoms with van der Waals surface area (Å²) in [6, 6.07) is 11.0. The number of carbonyl (C=O) groups excluding carboxylic acids is 5. The van der Waals surface area contributed by atoms with Gasteiger partial charge in [0.25, 0.3) is 11.8 Å². The molecule has 1 saturated heterocycles. The van der Waals surface area contributed by atoms with Crippen LogP contribution in [-0.2, 0) is 25.7 Å². The molecule has 0 spiro atoms. The van der Waals surface area contributed by atoms with E-state index in [2.05, 4.69) is 30.7 Å². The summed E-state index contributed by atoms with van der Waals surface area (Å²) >= 11 is 0. The lowest BCUT2D eigenvalue weighted by molar-refractivity contribution is -0.286. The average Bonchev–Trinajstić information content (AvgIpc) is 3.24. The van der Waals surface area contributed by atoms with Crippen molar-refractivity contribution in [3.05, 3.63) is 59.7 Å². The van der Waals surface area contributed by atoms with Crippen LogP contribution in [-0.4, -0.2) is 54.8 Å². The minimum Gasteiger partial charge on any atom is -0.395 e. The van der Waals surface area contributed by atoms with Crippen LogP contribution in [0, 0.1) is 5.92 Å². The van der Waals surface area contributed by atoms with Crippen molar-refractivity contribution in [2.45, 2.75) is 38.1 Å². The molecule has 2 atom stereocenters. The molecule has 39 heavy (non-hydrogen) atoms. The summed E-state index contributed by atoms with van der Waals surface area (Å²) in [7, 11) is 0. The lowest BCUT2D eigenvalue weighted by Gasteiger charge is -2.26. The Hall–Kier alpha value is -4.55. The first-order valence-corrected chi connectivity index (χ1v) is 12.2. The Morgan fingerprint density at radius 3 is 2.51 bits per heavy atom. The van der Waals surface area contributed by atoms with E-state index in [4.69, 9.17) is 0 Å². The largest absolute Gasteiger partial charge is 0.586 e. The summed E-state index contributed by atoms with van der Waals surface area (Å²) in [5.74, 6) is -4.87. The molecule has 0 saturated carbocycles. The van der Waals surface area contributed by atoms with Crippen LogP contribution in [0.4, 0.5) is 8.78 Å². The van der Waals surface area contributed by atoms with Gasteiger partial charge in [-0.1, -0.05) is 30.3 Å². The van der Waals surface area contributed by atoms with Gasteiger partial charge in [-0.2, -0.15) is 0 Å². The highest BCUT2D eigenvalue weighted by Gasteiger charge is 2.43. The molecule has 2 aromatic rings. The number of amides is 4. The van der Waals surface area contributed by atoms with Crippen molar-refractivity contribution in [1.29, 1.82) is 0 Å². The van der Waals surface area contributed by atoms with Crippen molar-refractivity contribution in [2.75, 3.05) is 13.1 Å². The van der Waals surface area contributed by atoms with Crippen LogP contribution < -0.4 is 30.7 Å². The van der Waals surface area contributed by atoms with E-state index in [1.54, 1.807) is 30.3 Å². The van der Waals surface area contributed by atoms with Crippen molar-refractivity contribution < 1.29 is 42.2 Å². The van der Waals surface area contributed by atoms with Gasteiger partial charge < -0.3 is 30.7 Å². The minimum absolute atomic E-state index is 0.0744. The number of ether oxygens (including phenoxy) is 2. The third-order valence-electron chi connectivity index (χ3n) is 6.16. The van der Waals surface area contributed by atoms with E-state index in [0.29, 0.717) is 19.4 Å². The molecule has 2 aliphatic heterocycles. The fraction of sp³-hybridized carbons (Fsp3) is 0.346. The van der Waals surface area contributed by atoms with Gasteiger partial charge in [0.15, 0.2) is 11.5 Å². The number of ketones is 1. The van der Waals surface area contributed by atoms with Gasteiger partial charge in [0.1, 0.15) is 0 Å². The van der Waals surface area contributed by atoms with Crippen molar-refractivity contribution in [2.24, 2.45) is 5.92 Å². The zero-order valence-corrected chi connectivity index (χ0v) is 20.6. The Bertz CT molecular complexity index is 1270. The maximum Gasteiger partial charge on any atom is 0.586 e. The number of fused-ring (bicyclic) bond motifs is 1. The van der Waals surface area contributed by atoms with Gasteiger partial charge in [-0.3, -0.25) is 24.0 Å². The fourth-order valence-corrected chi connectivity index (χ4v) is 4.20. The second kappa shape index (κ2) is 11.9. The van der Waals surface area contributed by atoms with E-state index in [0.717, 1.165) is 17.7 Å². The molecule has 2 aromatic carbocycles. The highest BCUT2D eigenvalue weighted by molar-refractivity contribution is 6.38. The maximum absolute atomic E-state index is 13.2. The average molecular weight is 545 g/mol. The lowest BCUT2D eigenvalue weighted by Crippen LogP contribution is -2.52. The maximum atomic E-state index is 13.2. The number of halogens is 2. The van der Waals surface area contributed by atoms with Gasteiger partial charge >= 0.3 is 6.29 Å². The molecule has 0 bridgehead atoms. The monoisotopic (exact) mass is 544 g/mol. The normalized spacial score (nSPS) is 17.9. The van der Waals surface area contributed by atoms with Crippen molar-refractivity contribution in [3.8, 4) is 11.5 Å². The summed E-state index contributed by atoms with van der Waals surface area (Å²) in [6.07, 6.45) is -2.78. The van der Waals surface area contributed by atoms with E-state index in [-0.39, 0.29) is 35.9 Å². The number of Topliss-reactive ketones (excluding diaryl/α,β-unsaturated/α-hetero) is 1. The predicted octanol–water partition coefficient (Wildman–Crippen LogP) is 1.02. The lowest BCUT2D eigenvalue weighted by atomic mass is 9.90. The molecule has 0 radical (unpaired) electrons. The molecule has 4 rings (SSSR count). The Morgan fingerprint density at radius 2 is 1.77 bits per heavy atom. The first-order chi connectivity index (χ1) is 18.6. The van der Waals surface area contributed by atoms with E-state index >= 15 is 0 Å². The molecule has 0 aliphatic carbocycles. The number of piperidine rings is 1. The zero-order valence-electron chi connectivity index (χ0n) is 20.6.